The molecule has 1 aromatic heterocycles. The third kappa shape index (κ3) is 4.02. The molecule has 1 heterocycles. The Bertz CT molecular complexity index is 537. The van der Waals surface area contributed by atoms with Crippen molar-refractivity contribution in [2.45, 2.75) is 25.8 Å². The van der Waals surface area contributed by atoms with Crippen LogP contribution in [0.4, 0.5) is 0 Å². The fourth-order valence-electron chi connectivity index (χ4n) is 2.34. The van der Waals surface area contributed by atoms with E-state index in [9.17, 15) is 0 Å². The van der Waals surface area contributed by atoms with Gasteiger partial charge in [0.05, 0.1) is 26.7 Å². The van der Waals surface area contributed by atoms with E-state index < -0.39 is 0 Å². The molecule has 0 saturated carbocycles. The van der Waals surface area contributed by atoms with Crippen molar-refractivity contribution >= 4 is 0 Å². The molecule has 0 aliphatic heterocycles. The van der Waals surface area contributed by atoms with Gasteiger partial charge in [0.2, 0.25) is 0 Å². The maximum absolute atomic E-state index is 5.40. The molecule has 0 bridgehead atoms. The number of ether oxygens (including phenoxy) is 2. The van der Waals surface area contributed by atoms with Gasteiger partial charge in [-0.25, -0.2) is 0 Å². The maximum atomic E-state index is 5.40. The molecule has 4 nitrogen and oxygen atoms in total. The van der Waals surface area contributed by atoms with Crippen LogP contribution in [-0.2, 0) is 6.42 Å². The van der Waals surface area contributed by atoms with Crippen LogP contribution < -0.4 is 14.8 Å². The highest BCUT2D eigenvalue weighted by Gasteiger charge is 2.15. The third-order valence-electron chi connectivity index (χ3n) is 3.47. The summed E-state index contributed by atoms with van der Waals surface area (Å²) in [6, 6.07) is 8.29. The Labute approximate surface area is 126 Å². The van der Waals surface area contributed by atoms with Crippen LogP contribution in [0.15, 0.2) is 41.2 Å². The van der Waals surface area contributed by atoms with Gasteiger partial charge >= 0.3 is 0 Å². The lowest BCUT2D eigenvalue weighted by molar-refractivity contribution is 0.353. The zero-order chi connectivity index (χ0) is 15.1. The molecule has 1 atom stereocenters. The summed E-state index contributed by atoms with van der Waals surface area (Å²) in [4.78, 5) is 0. The largest absolute Gasteiger partial charge is 0.493 e. The molecule has 0 aliphatic rings. The SMILES string of the molecule is CCCNC(Cc1ccoc1)c1ccc(OC)c(OC)c1. The molecule has 0 amide bonds. The van der Waals surface area contributed by atoms with Crippen LogP contribution in [0.1, 0.15) is 30.5 Å². The van der Waals surface area contributed by atoms with Gasteiger partial charge in [-0.1, -0.05) is 13.0 Å². The third-order valence-corrected chi connectivity index (χ3v) is 3.47. The van der Waals surface area contributed by atoms with Crippen molar-refractivity contribution in [1.29, 1.82) is 0 Å². The van der Waals surface area contributed by atoms with E-state index in [4.69, 9.17) is 13.9 Å². The quantitative estimate of drug-likeness (QED) is 0.806. The summed E-state index contributed by atoms with van der Waals surface area (Å²) in [5.41, 5.74) is 2.36. The van der Waals surface area contributed by atoms with E-state index >= 15 is 0 Å². The normalized spacial score (nSPS) is 12.1. The summed E-state index contributed by atoms with van der Waals surface area (Å²) in [5, 5.41) is 3.57. The predicted molar refractivity (Wildman–Crippen MR) is 83.0 cm³/mol. The van der Waals surface area contributed by atoms with Gasteiger partial charge in [0, 0.05) is 6.04 Å². The van der Waals surface area contributed by atoms with Gasteiger partial charge < -0.3 is 19.2 Å². The first-order chi connectivity index (χ1) is 10.3. The Hall–Kier alpha value is -1.94. The van der Waals surface area contributed by atoms with E-state index in [1.54, 1.807) is 26.7 Å². The fourth-order valence-corrected chi connectivity index (χ4v) is 2.34. The summed E-state index contributed by atoms with van der Waals surface area (Å²) >= 11 is 0. The summed E-state index contributed by atoms with van der Waals surface area (Å²) in [7, 11) is 3.31. The summed E-state index contributed by atoms with van der Waals surface area (Å²) < 4.78 is 15.9. The lowest BCUT2D eigenvalue weighted by Crippen LogP contribution is -2.24. The summed E-state index contributed by atoms with van der Waals surface area (Å²) in [5.74, 6) is 1.50. The van der Waals surface area contributed by atoms with E-state index in [-0.39, 0.29) is 6.04 Å². The molecule has 0 fully saturated rings. The molecular weight excluding hydrogens is 266 g/mol. The topological polar surface area (TPSA) is 43.6 Å². The van der Waals surface area contributed by atoms with E-state index in [1.807, 2.05) is 18.2 Å². The van der Waals surface area contributed by atoms with Crippen molar-refractivity contribution in [3.05, 3.63) is 47.9 Å². The summed E-state index contributed by atoms with van der Waals surface area (Å²) in [6.07, 6.45) is 5.48. The van der Waals surface area contributed by atoms with E-state index in [0.717, 1.165) is 30.9 Å². The van der Waals surface area contributed by atoms with Crippen LogP contribution in [0.5, 0.6) is 11.5 Å². The molecule has 21 heavy (non-hydrogen) atoms. The van der Waals surface area contributed by atoms with Crippen molar-refractivity contribution in [2.24, 2.45) is 0 Å². The van der Waals surface area contributed by atoms with E-state index in [1.165, 1.54) is 11.1 Å². The number of benzene rings is 1. The number of rotatable bonds is 8. The van der Waals surface area contributed by atoms with Crippen LogP contribution in [-0.4, -0.2) is 20.8 Å². The standard InChI is InChI=1S/C17H23NO3/c1-4-8-18-15(10-13-7-9-21-12-13)14-5-6-16(19-2)17(11-14)20-3/h5-7,9,11-12,15,18H,4,8,10H2,1-3H3. The second-order valence-corrected chi connectivity index (χ2v) is 4.96. The molecule has 2 aromatic rings. The zero-order valence-electron chi connectivity index (χ0n) is 12.9. The van der Waals surface area contributed by atoms with Gasteiger partial charge in [0.1, 0.15) is 0 Å². The van der Waals surface area contributed by atoms with Gasteiger partial charge in [0.25, 0.3) is 0 Å². The minimum Gasteiger partial charge on any atom is -0.493 e. The Morgan fingerprint density at radius 1 is 1.14 bits per heavy atom. The van der Waals surface area contributed by atoms with Crippen molar-refractivity contribution in [2.75, 3.05) is 20.8 Å². The Balaban J connectivity index is 2.22. The lowest BCUT2D eigenvalue weighted by Gasteiger charge is -2.20. The Kier molecular flexibility index (Phi) is 5.69. The van der Waals surface area contributed by atoms with Crippen LogP contribution >= 0.6 is 0 Å². The molecular formula is C17H23NO3. The lowest BCUT2D eigenvalue weighted by atomic mass is 9.99. The average Bonchev–Trinajstić information content (AvgIpc) is 3.03. The number of methoxy groups -OCH3 is 2. The number of nitrogens with one attached hydrogen (secondary N) is 1. The monoisotopic (exact) mass is 289 g/mol. The first kappa shape index (κ1) is 15.4. The Morgan fingerprint density at radius 2 is 1.95 bits per heavy atom. The van der Waals surface area contributed by atoms with Crippen molar-refractivity contribution < 1.29 is 13.9 Å². The molecule has 114 valence electrons. The fraction of sp³-hybridized carbons (Fsp3) is 0.412. The molecule has 0 radical (unpaired) electrons. The summed E-state index contributed by atoms with van der Waals surface area (Å²) in [6.45, 7) is 3.13. The first-order valence-electron chi connectivity index (χ1n) is 7.24. The van der Waals surface area contributed by atoms with Gasteiger partial charge in [-0.3, -0.25) is 0 Å². The van der Waals surface area contributed by atoms with Gasteiger partial charge in [-0.05, 0) is 48.7 Å². The second-order valence-electron chi connectivity index (χ2n) is 4.96. The molecule has 1 aromatic carbocycles. The molecule has 4 heteroatoms. The minimum absolute atomic E-state index is 0.224. The predicted octanol–water partition coefficient (Wildman–Crippen LogP) is 3.58. The highest BCUT2D eigenvalue weighted by Crippen LogP contribution is 2.31. The Morgan fingerprint density at radius 3 is 2.57 bits per heavy atom. The molecule has 0 aliphatic carbocycles. The minimum atomic E-state index is 0.224. The maximum Gasteiger partial charge on any atom is 0.161 e. The van der Waals surface area contributed by atoms with E-state index in [2.05, 4.69) is 18.3 Å². The number of hydrogen-bond acceptors (Lipinski definition) is 4. The number of furan rings is 1. The van der Waals surface area contributed by atoms with Crippen molar-refractivity contribution in [3.63, 3.8) is 0 Å². The molecule has 0 saturated heterocycles. The van der Waals surface area contributed by atoms with Crippen LogP contribution in [0.2, 0.25) is 0 Å². The van der Waals surface area contributed by atoms with Gasteiger partial charge in [-0.2, -0.15) is 0 Å². The average molecular weight is 289 g/mol. The van der Waals surface area contributed by atoms with Gasteiger partial charge in [-0.15, -0.1) is 0 Å². The zero-order valence-corrected chi connectivity index (χ0v) is 12.9. The molecule has 0 spiro atoms. The van der Waals surface area contributed by atoms with Crippen molar-refractivity contribution in [1.82, 2.24) is 5.32 Å². The van der Waals surface area contributed by atoms with Crippen LogP contribution in [0.25, 0.3) is 0 Å². The highest BCUT2D eigenvalue weighted by molar-refractivity contribution is 5.44. The van der Waals surface area contributed by atoms with Crippen LogP contribution in [0.3, 0.4) is 0 Å². The van der Waals surface area contributed by atoms with Gasteiger partial charge in [0.15, 0.2) is 11.5 Å². The van der Waals surface area contributed by atoms with E-state index in [0.29, 0.717) is 0 Å². The molecule has 1 N–H and O–H groups in total. The first-order valence-corrected chi connectivity index (χ1v) is 7.24. The highest BCUT2D eigenvalue weighted by atomic mass is 16.5. The molecule has 2 rings (SSSR count). The smallest absolute Gasteiger partial charge is 0.161 e. The van der Waals surface area contributed by atoms with Crippen molar-refractivity contribution in [3.8, 4) is 11.5 Å². The second kappa shape index (κ2) is 7.74. The van der Waals surface area contributed by atoms with Crippen LogP contribution in [0, 0.1) is 0 Å². The number of hydrogen-bond donors (Lipinski definition) is 1. The molecule has 1 unspecified atom stereocenters.